The summed E-state index contributed by atoms with van der Waals surface area (Å²) in [7, 11) is 0. The lowest BCUT2D eigenvalue weighted by molar-refractivity contribution is -0.346. The molecule has 0 aliphatic carbocycles. The Morgan fingerprint density at radius 3 is 2.14 bits per heavy atom. The summed E-state index contributed by atoms with van der Waals surface area (Å²) in [6.07, 6.45) is 5.34. The van der Waals surface area contributed by atoms with Crippen molar-refractivity contribution in [1.82, 2.24) is 0 Å². The molecule has 8 heteroatoms. The molecule has 1 N–H and O–H groups in total. The topological polar surface area (TPSA) is 75.6 Å². The van der Waals surface area contributed by atoms with E-state index in [4.69, 9.17) is 40.0 Å². The molecule has 2 aromatic carbocycles. The molecule has 240 valence electrons. The molecule has 2 bridgehead atoms. The van der Waals surface area contributed by atoms with Gasteiger partial charge in [-0.25, -0.2) is 0 Å². The van der Waals surface area contributed by atoms with E-state index in [-0.39, 0.29) is 13.2 Å². The van der Waals surface area contributed by atoms with E-state index in [1.165, 1.54) is 0 Å². The van der Waals surface area contributed by atoms with Gasteiger partial charge in [0, 0.05) is 43.4 Å². The Morgan fingerprint density at radius 2 is 1.51 bits per heavy atom. The highest BCUT2D eigenvalue weighted by Crippen LogP contribution is 2.54. The van der Waals surface area contributed by atoms with Gasteiger partial charge in [0.15, 0.2) is 0 Å². The molecule has 0 amide bonds. The van der Waals surface area contributed by atoms with E-state index in [9.17, 15) is 5.11 Å². The normalized spacial score (nSPS) is 26.6. The number of hydrogen-bond acceptors (Lipinski definition) is 7. The van der Waals surface area contributed by atoms with Gasteiger partial charge in [-0.2, -0.15) is 0 Å². The summed E-state index contributed by atoms with van der Waals surface area (Å²) < 4.78 is 39.3. The number of hydrogen-bond donors (Lipinski definition) is 1. The molecule has 0 aromatic heterocycles. The van der Waals surface area contributed by atoms with Gasteiger partial charge in [0.05, 0.1) is 13.2 Å². The van der Waals surface area contributed by atoms with Crippen LogP contribution in [0.1, 0.15) is 89.3 Å². The van der Waals surface area contributed by atoms with Gasteiger partial charge >= 0.3 is 0 Å². The fraction of sp³-hybridized carbons (Fsp3) is 0.657. The second-order valence-corrected chi connectivity index (χ2v) is 12.0. The molecule has 0 saturated carbocycles. The Balaban J connectivity index is 1.75. The molecular weight excluding hydrogens is 568 g/mol. The molecule has 2 fully saturated rings. The molecule has 7 nitrogen and oxygen atoms in total. The quantitative estimate of drug-likeness (QED) is 0.167. The van der Waals surface area contributed by atoms with Crippen LogP contribution in [0.2, 0.25) is 5.02 Å². The van der Waals surface area contributed by atoms with E-state index in [2.05, 4.69) is 39.0 Å². The highest BCUT2D eigenvalue weighted by molar-refractivity contribution is 6.31. The first kappa shape index (κ1) is 34.2. The van der Waals surface area contributed by atoms with E-state index in [1.54, 1.807) is 0 Å². The SMILES string of the molecule is CCCCO[C@@H]1[C@@H](OCCCC)[C@@]2(c3ccc(Cl)c(Cc4ccc(OCC)cc4)c3)OC[C@](CCO)(O2)[C@H]1OCCCC. The maximum absolute atomic E-state index is 10.2. The predicted octanol–water partition coefficient (Wildman–Crippen LogP) is 7.22. The van der Waals surface area contributed by atoms with Crippen LogP contribution in [0.5, 0.6) is 5.75 Å². The summed E-state index contributed by atoms with van der Waals surface area (Å²) in [6, 6.07) is 14.0. The van der Waals surface area contributed by atoms with Gasteiger partial charge in [-0.1, -0.05) is 69.8 Å². The highest BCUT2D eigenvalue weighted by atomic mass is 35.5. The fourth-order valence-electron chi connectivity index (χ4n) is 6.02. The summed E-state index contributed by atoms with van der Waals surface area (Å²) >= 11 is 6.77. The van der Waals surface area contributed by atoms with E-state index in [0.29, 0.717) is 44.3 Å². The van der Waals surface area contributed by atoms with Crippen LogP contribution in [0, 0.1) is 0 Å². The molecule has 0 radical (unpaired) electrons. The molecule has 2 aliphatic heterocycles. The first-order valence-electron chi connectivity index (χ1n) is 16.3. The molecule has 5 atom stereocenters. The van der Waals surface area contributed by atoms with Crippen molar-refractivity contribution in [2.45, 2.75) is 109 Å². The van der Waals surface area contributed by atoms with Gasteiger partial charge in [0.25, 0.3) is 0 Å². The zero-order chi connectivity index (χ0) is 30.7. The fourth-order valence-corrected chi connectivity index (χ4v) is 6.21. The van der Waals surface area contributed by atoms with Crippen molar-refractivity contribution in [2.75, 3.05) is 39.6 Å². The van der Waals surface area contributed by atoms with Crippen molar-refractivity contribution in [2.24, 2.45) is 0 Å². The molecule has 4 rings (SSSR count). The van der Waals surface area contributed by atoms with Gasteiger partial charge in [0.1, 0.15) is 29.7 Å². The van der Waals surface area contributed by atoms with E-state index < -0.39 is 29.7 Å². The van der Waals surface area contributed by atoms with Gasteiger partial charge in [-0.05, 0) is 68.0 Å². The third-order valence-electron chi connectivity index (χ3n) is 8.39. The molecule has 2 heterocycles. The molecule has 43 heavy (non-hydrogen) atoms. The average molecular weight is 619 g/mol. The van der Waals surface area contributed by atoms with Gasteiger partial charge in [-0.3, -0.25) is 0 Å². The first-order valence-corrected chi connectivity index (χ1v) is 16.6. The maximum atomic E-state index is 10.2. The number of benzene rings is 2. The summed E-state index contributed by atoms with van der Waals surface area (Å²) in [5.74, 6) is -0.389. The van der Waals surface area contributed by atoms with Crippen LogP contribution in [0.15, 0.2) is 42.5 Å². The number of rotatable bonds is 19. The van der Waals surface area contributed by atoms with Crippen molar-refractivity contribution < 1.29 is 33.5 Å². The first-order chi connectivity index (χ1) is 21.0. The second-order valence-electron chi connectivity index (χ2n) is 11.6. The monoisotopic (exact) mass is 618 g/mol. The van der Waals surface area contributed by atoms with Crippen molar-refractivity contribution in [1.29, 1.82) is 0 Å². The minimum absolute atomic E-state index is 0.0558. The maximum Gasteiger partial charge on any atom is 0.225 e. The van der Waals surface area contributed by atoms with Crippen LogP contribution >= 0.6 is 11.6 Å². The Labute approximate surface area is 263 Å². The van der Waals surface area contributed by atoms with Crippen LogP contribution in [0.3, 0.4) is 0 Å². The molecule has 0 spiro atoms. The van der Waals surface area contributed by atoms with Gasteiger partial charge < -0.3 is 33.5 Å². The lowest BCUT2D eigenvalue weighted by atomic mass is 9.81. The van der Waals surface area contributed by atoms with Gasteiger partial charge in [-0.15, -0.1) is 0 Å². The van der Waals surface area contributed by atoms with Crippen LogP contribution in [0.4, 0.5) is 0 Å². The third-order valence-corrected chi connectivity index (χ3v) is 8.76. The molecule has 2 saturated heterocycles. The summed E-state index contributed by atoms with van der Waals surface area (Å²) in [4.78, 5) is 0. The highest BCUT2D eigenvalue weighted by Gasteiger charge is 2.69. The minimum atomic E-state index is -1.23. The number of ether oxygens (including phenoxy) is 6. The number of fused-ring (bicyclic) bond motifs is 2. The van der Waals surface area contributed by atoms with Crippen molar-refractivity contribution >= 4 is 11.6 Å². The third kappa shape index (κ3) is 7.93. The number of aliphatic hydroxyl groups excluding tert-OH is 1. The van der Waals surface area contributed by atoms with Crippen LogP contribution in [-0.4, -0.2) is 68.7 Å². The Kier molecular flexibility index (Phi) is 13.2. The summed E-state index contributed by atoms with van der Waals surface area (Å²) in [6.45, 7) is 11.0. The lowest BCUT2D eigenvalue weighted by Gasteiger charge is -2.51. The average Bonchev–Trinajstić information content (AvgIpc) is 3.36. The standard InChI is InChI=1S/C35H51ClO7/c1-5-9-20-39-31-32(40-21-10-6-2)34(18-19-37)25-42-35(43-34,33(31)41-22-11-7-3)28-14-17-30(36)27(24-28)23-26-12-15-29(16-13-26)38-8-4/h12-17,24,31-33,37H,5-11,18-23,25H2,1-4H3/t31-,32-,33+,34-,35-/m0/s1. The van der Waals surface area contributed by atoms with E-state index in [0.717, 1.165) is 61.0 Å². The Hall–Kier alpha value is -1.71. The summed E-state index contributed by atoms with van der Waals surface area (Å²) in [5.41, 5.74) is 2.03. The summed E-state index contributed by atoms with van der Waals surface area (Å²) in [5, 5.41) is 10.9. The molecule has 2 aliphatic rings. The second kappa shape index (κ2) is 16.6. The van der Waals surface area contributed by atoms with Crippen molar-refractivity contribution in [3.8, 4) is 5.75 Å². The molecule has 2 aromatic rings. The van der Waals surface area contributed by atoms with E-state index >= 15 is 0 Å². The number of unbranched alkanes of at least 4 members (excludes halogenated alkanes) is 3. The van der Waals surface area contributed by atoms with Crippen molar-refractivity contribution in [3.05, 3.63) is 64.2 Å². The molecule has 0 unspecified atom stereocenters. The van der Waals surface area contributed by atoms with Gasteiger partial charge in [0.2, 0.25) is 5.79 Å². The molecular formula is C35H51ClO7. The van der Waals surface area contributed by atoms with Crippen LogP contribution in [-0.2, 0) is 35.9 Å². The smallest absolute Gasteiger partial charge is 0.225 e. The zero-order valence-electron chi connectivity index (χ0n) is 26.4. The number of aliphatic hydroxyl groups is 1. The zero-order valence-corrected chi connectivity index (χ0v) is 27.2. The minimum Gasteiger partial charge on any atom is -0.494 e. The van der Waals surface area contributed by atoms with Crippen LogP contribution in [0.25, 0.3) is 0 Å². The lowest BCUT2D eigenvalue weighted by Crippen LogP contribution is -2.66. The number of halogens is 1. The Morgan fingerprint density at radius 1 is 0.860 bits per heavy atom. The largest absolute Gasteiger partial charge is 0.494 e. The predicted molar refractivity (Wildman–Crippen MR) is 169 cm³/mol. The van der Waals surface area contributed by atoms with Crippen molar-refractivity contribution in [3.63, 3.8) is 0 Å². The Bertz CT molecular complexity index is 1110. The van der Waals surface area contributed by atoms with Crippen LogP contribution < -0.4 is 4.74 Å². The van der Waals surface area contributed by atoms with E-state index in [1.807, 2.05) is 31.2 Å².